The number of amides is 1. The molecule has 2 N–H and O–H groups in total. The Labute approximate surface area is 211 Å². The summed E-state index contributed by atoms with van der Waals surface area (Å²) in [5, 5.41) is 14.9. The third kappa shape index (κ3) is 5.20. The van der Waals surface area contributed by atoms with Gasteiger partial charge in [0, 0.05) is 37.4 Å². The van der Waals surface area contributed by atoms with Crippen molar-refractivity contribution in [1.29, 1.82) is 0 Å². The summed E-state index contributed by atoms with van der Waals surface area (Å²) < 4.78 is 11.5. The average Bonchev–Trinajstić information content (AvgIpc) is 3.29. The average molecular weight is 485 g/mol. The number of hydrogen-bond donors (Lipinski definition) is 2. The number of aliphatic hydroxyl groups excluding tert-OH is 1. The Morgan fingerprint density at radius 2 is 1.81 bits per heavy atom. The van der Waals surface area contributed by atoms with E-state index in [9.17, 15) is 9.90 Å². The molecule has 6 nitrogen and oxygen atoms in total. The van der Waals surface area contributed by atoms with Gasteiger partial charge >= 0.3 is 0 Å². The van der Waals surface area contributed by atoms with E-state index in [0.29, 0.717) is 31.0 Å². The first-order valence-electron chi connectivity index (χ1n) is 12.5. The van der Waals surface area contributed by atoms with E-state index in [1.807, 2.05) is 36.4 Å². The number of carbonyl (C=O) groups excluding carboxylic acids is 1. The van der Waals surface area contributed by atoms with Crippen LogP contribution in [0.3, 0.4) is 0 Å². The first-order valence-corrected chi connectivity index (χ1v) is 12.5. The van der Waals surface area contributed by atoms with E-state index in [2.05, 4.69) is 42.3 Å². The quantitative estimate of drug-likeness (QED) is 0.382. The van der Waals surface area contributed by atoms with Crippen LogP contribution in [0.2, 0.25) is 0 Å². The van der Waals surface area contributed by atoms with E-state index in [1.165, 1.54) is 16.7 Å². The van der Waals surface area contributed by atoms with Crippen LogP contribution in [-0.2, 0) is 27.9 Å². The second-order valence-corrected chi connectivity index (χ2v) is 9.83. The summed E-state index contributed by atoms with van der Waals surface area (Å²) in [5.41, 5.74) is 5.73. The molecular formula is C30H32N2O4. The SMILES string of the molecule is Cc1ccc(C2(NC(=O)Cc3ccc4oc(C(O)Cc5ccncc5)cc4c3)CCOCC2)c(C)c1. The monoisotopic (exact) mass is 484 g/mol. The van der Waals surface area contributed by atoms with Gasteiger partial charge in [-0.2, -0.15) is 0 Å². The summed E-state index contributed by atoms with van der Waals surface area (Å²) in [6.45, 7) is 5.44. The van der Waals surface area contributed by atoms with E-state index in [0.717, 1.165) is 29.4 Å². The van der Waals surface area contributed by atoms with Crippen LogP contribution in [0.4, 0.5) is 0 Å². The van der Waals surface area contributed by atoms with Crippen LogP contribution in [0, 0.1) is 13.8 Å². The van der Waals surface area contributed by atoms with E-state index in [1.54, 1.807) is 12.4 Å². The smallest absolute Gasteiger partial charge is 0.225 e. The van der Waals surface area contributed by atoms with E-state index >= 15 is 0 Å². The second-order valence-electron chi connectivity index (χ2n) is 9.83. The Morgan fingerprint density at radius 1 is 1.03 bits per heavy atom. The zero-order chi connectivity index (χ0) is 25.1. The number of carbonyl (C=O) groups is 1. The molecule has 0 radical (unpaired) electrons. The molecule has 2 aromatic carbocycles. The lowest BCUT2D eigenvalue weighted by Gasteiger charge is -2.39. The number of aliphatic hydroxyl groups is 1. The normalized spacial score (nSPS) is 16.1. The van der Waals surface area contributed by atoms with Gasteiger partial charge in [0.2, 0.25) is 5.91 Å². The van der Waals surface area contributed by atoms with Crippen molar-refractivity contribution >= 4 is 16.9 Å². The molecule has 3 heterocycles. The number of ether oxygens (including phenoxy) is 1. The molecular weight excluding hydrogens is 452 g/mol. The number of rotatable bonds is 7. The van der Waals surface area contributed by atoms with Gasteiger partial charge in [0.15, 0.2) is 0 Å². The predicted molar refractivity (Wildman–Crippen MR) is 139 cm³/mol. The summed E-state index contributed by atoms with van der Waals surface area (Å²) in [6, 6.07) is 17.8. The molecule has 1 saturated heterocycles. The van der Waals surface area contributed by atoms with Crippen molar-refractivity contribution in [3.63, 3.8) is 0 Å². The number of aromatic nitrogens is 1. The first kappa shape index (κ1) is 24.2. The van der Waals surface area contributed by atoms with Gasteiger partial charge < -0.3 is 19.6 Å². The Kier molecular flexibility index (Phi) is 6.90. The molecule has 4 aromatic rings. The van der Waals surface area contributed by atoms with Gasteiger partial charge in [0.25, 0.3) is 0 Å². The van der Waals surface area contributed by atoms with Gasteiger partial charge in [-0.1, -0.05) is 29.8 Å². The van der Waals surface area contributed by atoms with Gasteiger partial charge in [-0.15, -0.1) is 0 Å². The van der Waals surface area contributed by atoms with Crippen molar-refractivity contribution < 1.29 is 19.1 Å². The van der Waals surface area contributed by atoms with E-state index in [-0.39, 0.29) is 12.3 Å². The fourth-order valence-corrected chi connectivity index (χ4v) is 5.26. The van der Waals surface area contributed by atoms with Crippen LogP contribution in [0.5, 0.6) is 0 Å². The number of nitrogens with zero attached hydrogens (tertiary/aromatic N) is 1. The van der Waals surface area contributed by atoms with Crippen LogP contribution in [0.25, 0.3) is 11.0 Å². The number of benzene rings is 2. The Bertz CT molecular complexity index is 1360. The topological polar surface area (TPSA) is 84.6 Å². The molecule has 1 amide bonds. The zero-order valence-corrected chi connectivity index (χ0v) is 20.8. The van der Waals surface area contributed by atoms with Gasteiger partial charge in [-0.3, -0.25) is 9.78 Å². The largest absolute Gasteiger partial charge is 0.458 e. The minimum atomic E-state index is -0.752. The molecule has 2 aromatic heterocycles. The maximum atomic E-state index is 13.3. The molecule has 186 valence electrons. The third-order valence-corrected chi connectivity index (χ3v) is 7.09. The molecule has 0 aliphatic carbocycles. The molecule has 1 unspecified atom stereocenters. The van der Waals surface area contributed by atoms with Gasteiger partial charge in [0.1, 0.15) is 17.4 Å². The van der Waals surface area contributed by atoms with Crippen molar-refractivity contribution in [2.45, 2.75) is 51.2 Å². The highest BCUT2D eigenvalue weighted by molar-refractivity contribution is 5.83. The molecule has 5 rings (SSSR count). The summed E-state index contributed by atoms with van der Waals surface area (Å²) >= 11 is 0. The lowest BCUT2D eigenvalue weighted by molar-refractivity contribution is -0.123. The van der Waals surface area contributed by atoms with Crippen molar-refractivity contribution in [1.82, 2.24) is 10.3 Å². The number of nitrogens with one attached hydrogen (secondary N) is 1. The lowest BCUT2D eigenvalue weighted by Crippen LogP contribution is -2.50. The van der Waals surface area contributed by atoms with Crippen LogP contribution in [-0.4, -0.2) is 29.2 Å². The standard InChI is InChI=1S/C30H32N2O4/c1-20-3-5-25(21(2)15-20)30(9-13-35-14-10-30)32-29(34)18-23-4-6-27-24(16-23)19-28(36-27)26(33)17-22-7-11-31-12-8-22/h3-8,11-12,15-16,19,26,33H,9-10,13-14,17-18H2,1-2H3,(H,32,34). The van der Waals surface area contributed by atoms with Crippen LogP contribution >= 0.6 is 0 Å². The van der Waals surface area contributed by atoms with E-state index < -0.39 is 11.6 Å². The van der Waals surface area contributed by atoms with Crippen molar-refractivity contribution in [3.8, 4) is 0 Å². The highest BCUT2D eigenvalue weighted by Crippen LogP contribution is 2.35. The number of fused-ring (bicyclic) bond motifs is 1. The van der Waals surface area contributed by atoms with Gasteiger partial charge in [0.05, 0.1) is 12.0 Å². The van der Waals surface area contributed by atoms with Gasteiger partial charge in [-0.25, -0.2) is 0 Å². The molecule has 0 saturated carbocycles. The Balaban J connectivity index is 1.32. The zero-order valence-electron chi connectivity index (χ0n) is 20.8. The van der Waals surface area contributed by atoms with Crippen molar-refractivity contribution in [2.24, 2.45) is 0 Å². The maximum absolute atomic E-state index is 13.3. The van der Waals surface area contributed by atoms with Gasteiger partial charge in [-0.05, 0) is 79.3 Å². The fraction of sp³-hybridized carbons (Fsp3) is 0.333. The molecule has 36 heavy (non-hydrogen) atoms. The third-order valence-electron chi connectivity index (χ3n) is 7.09. The fourth-order valence-electron chi connectivity index (χ4n) is 5.26. The molecule has 0 bridgehead atoms. The van der Waals surface area contributed by atoms with Crippen molar-refractivity contribution in [2.75, 3.05) is 13.2 Å². The summed E-state index contributed by atoms with van der Waals surface area (Å²) in [4.78, 5) is 17.3. The summed E-state index contributed by atoms with van der Waals surface area (Å²) in [6.07, 6.45) is 4.89. The molecule has 6 heteroatoms. The number of furan rings is 1. The van der Waals surface area contributed by atoms with Crippen LogP contribution in [0.1, 0.15) is 52.5 Å². The Morgan fingerprint density at radius 3 is 2.56 bits per heavy atom. The highest BCUT2D eigenvalue weighted by atomic mass is 16.5. The number of hydrogen-bond acceptors (Lipinski definition) is 5. The molecule has 1 atom stereocenters. The number of aryl methyl sites for hydroxylation is 2. The van der Waals surface area contributed by atoms with Crippen LogP contribution < -0.4 is 5.32 Å². The lowest BCUT2D eigenvalue weighted by atomic mass is 9.80. The van der Waals surface area contributed by atoms with E-state index in [4.69, 9.17) is 9.15 Å². The predicted octanol–water partition coefficient (Wildman–Crippen LogP) is 5.09. The minimum absolute atomic E-state index is 0.0161. The number of pyridine rings is 1. The maximum Gasteiger partial charge on any atom is 0.225 e. The highest BCUT2D eigenvalue weighted by Gasteiger charge is 2.37. The molecule has 1 fully saturated rings. The molecule has 1 aliphatic heterocycles. The summed E-state index contributed by atoms with van der Waals surface area (Å²) in [5.74, 6) is 0.497. The molecule has 0 spiro atoms. The Hall–Kier alpha value is -3.48. The second kappa shape index (κ2) is 10.2. The first-order chi connectivity index (χ1) is 17.4. The van der Waals surface area contributed by atoms with Crippen molar-refractivity contribution in [3.05, 3.63) is 101 Å². The minimum Gasteiger partial charge on any atom is -0.458 e. The molecule has 1 aliphatic rings. The van der Waals surface area contributed by atoms with Crippen LogP contribution in [0.15, 0.2) is 71.4 Å². The summed E-state index contributed by atoms with van der Waals surface area (Å²) in [7, 11) is 0.